The Balaban J connectivity index is 1.22. The second kappa shape index (κ2) is 11.5. The van der Waals surface area contributed by atoms with Gasteiger partial charge in [0.2, 0.25) is 5.91 Å². The van der Waals surface area contributed by atoms with Crippen molar-refractivity contribution in [2.75, 3.05) is 37.6 Å². The molecule has 1 aliphatic heterocycles. The zero-order valence-electron chi connectivity index (χ0n) is 20.3. The average Bonchev–Trinajstić information content (AvgIpc) is 3.38. The number of benzene rings is 3. The normalized spacial score (nSPS) is 14.1. The van der Waals surface area contributed by atoms with Crippen LogP contribution in [0.1, 0.15) is 11.3 Å². The lowest BCUT2D eigenvalue weighted by atomic mass is 10.1. The SMILES string of the molecule is O=C(CN1CCN(c2ccccc2)CC1)NCc1cc(-c2ccc(CS)cc2)n(-c2ccccc2)n1. The molecule has 0 bridgehead atoms. The molecular weight excluding hydrogens is 466 g/mol. The molecule has 0 aliphatic carbocycles. The van der Waals surface area contributed by atoms with E-state index in [9.17, 15) is 4.79 Å². The number of rotatable bonds is 8. The minimum Gasteiger partial charge on any atom is -0.369 e. The molecule has 2 heterocycles. The summed E-state index contributed by atoms with van der Waals surface area (Å²) in [7, 11) is 0. The van der Waals surface area contributed by atoms with Gasteiger partial charge in [-0.25, -0.2) is 4.68 Å². The standard InChI is InChI=1S/C29H31N5OS/c35-29(21-32-15-17-33(18-16-32)26-7-3-1-4-8-26)30-20-25-19-28(24-13-11-23(22-36)12-14-24)34(31-25)27-9-5-2-6-10-27/h1-14,19,36H,15-18,20-22H2,(H,30,35). The molecule has 1 aromatic heterocycles. The van der Waals surface area contributed by atoms with Crippen LogP contribution in [-0.2, 0) is 17.1 Å². The van der Waals surface area contributed by atoms with Crippen LogP contribution in [-0.4, -0.2) is 53.3 Å². The summed E-state index contributed by atoms with van der Waals surface area (Å²) in [6.45, 7) is 4.39. The highest BCUT2D eigenvalue weighted by Gasteiger charge is 2.19. The van der Waals surface area contributed by atoms with Crippen molar-refractivity contribution >= 4 is 24.2 Å². The van der Waals surface area contributed by atoms with E-state index in [2.05, 4.69) is 82.3 Å². The maximum Gasteiger partial charge on any atom is 0.234 e. The quantitative estimate of drug-likeness (QED) is 0.354. The van der Waals surface area contributed by atoms with E-state index in [4.69, 9.17) is 5.10 Å². The van der Waals surface area contributed by atoms with E-state index in [1.165, 1.54) is 11.3 Å². The Hall–Kier alpha value is -3.55. The molecule has 1 saturated heterocycles. The summed E-state index contributed by atoms with van der Waals surface area (Å²) >= 11 is 4.37. The lowest BCUT2D eigenvalue weighted by Crippen LogP contribution is -2.49. The predicted molar refractivity (Wildman–Crippen MR) is 149 cm³/mol. The fourth-order valence-corrected chi connectivity index (χ4v) is 4.73. The molecule has 1 N–H and O–H groups in total. The van der Waals surface area contributed by atoms with Crippen molar-refractivity contribution in [3.05, 3.63) is 102 Å². The molecular formula is C29H31N5OS. The highest BCUT2D eigenvalue weighted by atomic mass is 32.1. The summed E-state index contributed by atoms with van der Waals surface area (Å²) in [6, 6.07) is 30.9. The number of hydrogen-bond donors (Lipinski definition) is 2. The van der Waals surface area contributed by atoms with E-state index in [0.717, 1.165) is 48.8 Å². The molecule has 6 nitrogen and oxygen atoms in total. The first-order valence-electron chi connectivity index (χ1n) is 12.3. The third-order valence-corrected chi connectivity index (χ3v) is 6.89. The number of thiol groups is 1. The number of aromatic nitrogens is 2. The first-order valence-corrected chi connectivity index (χ1v) is 13.0. The second-order valence-electron chi connectivity index (χ2n) is 9.00. The number of piperazine rings is 1. The van der Waals surface area contributed by atoms with Crippen LogP contribution in [0.2, 0.25) is 0 Å². The number of nitrogens with zero attached hydrogens (tertiary/aromatic N) is 4. The zero-order chi connectivity index (χ0) is 24.7. The minimum atomic E-state index is 0.0251. The highest BCUT2D eigenvalue weighted by molar-refractivity contribution is 7.79. The van der Waals surface area contributed by atoms with Gasteiger partial charge in [0.25, 0.3) is 0 Å². The number of amides is 1. The molecule has 7 heteroatoms. The van der Waals surface area contributed by atoms with Crippen molar-refractivity contribution in [1.82, 2.24) is 20.0 Å². The third kappa shape index (κ3) is 5.80. The predicted octanol–water partition coefficient (Wildman–Crippen LogP) is 4.41. The Morgan fingerprint density at radius 3 is 2.11 bits per heavy atom. The monoisotopic (exact) mass is 497 g/mol. The summed E-state index contributed by atoms with van der Waals surface area (Å²) in [6.07, 6.45) is 0. The zero-order valence-corrected chi connectivity index (χ0v) is 21.1. The molecule has 36 heavy (non-hydrogen) atoms. The van der Waals surface area contributed by atoms with Gasteiger partial charge in [-0.05, 0) is 35.9 Å². The van der Waals surface area contributed by atoms with Crippen molar-refractivity contribution in [1.29, 1.82) is 0 Å². The number of carbonyl (C=O) groups excluding carboxylic acids is 1. The van der Waals surface area contributed by atoms with Crippen LogP contribution in [0.3, 0.4) is 0 Å². The van der Waals surface area contributed by atoms with Gasteiger partial charge in [-0.3, -0.25) is 9.69 Å². The highest BCUT2D eigenvalue weighted by Crippen LogP contribution is 2.25. The van der Waals surface area contributed by atoms with Gasteiger partial charge in [-0.15, -0.1) is 0 Å². The molecule has 5 rings (SSSR count). The molecule has 3 aromatic carbocycles. The maximum atomic E-state index is 12.7. The number of anilines is 1. The van der Waals surface area contributed by atoms with Crippen LogP contribution in [0, 0.1) is 0 Å². The van der Waals surface area contributed by atoms with Crippen molar-refractivity contribution in [3.8, 4) is 16.9 Å². The smallest absolute Gasteiger partial charge is 0.234 e. The van der Waals surface area contributed by atoms with E-state index in [-0.39, 0.29) is 5.91 Å². The molecule has 1 amide bonds. The fourth-order valence-electron chi connectivity index (χ4n) is 4.52. The van der Waals surface area contributed by atoms with E-state index < -0.39 is 0 Å². The van der Waals surface area contributed by atoms with Gasteiger partial charge >= 0.3 is 0 Å². The van der Waals surface area contributed by atoms with E-state index in [0.29, 0.717) is 18.8 Å². The number of nitrogens with one attached hydrogen (secondary N) is 1. The van der Waals surface area contributed by atoms with Crippen LogP contribution in [0.25, 0.3) is 16.9 Å². The summed E-state index contributed by atoms with van der Waals surface area (Å²) < 4.78 is 1.94. The second-order valence-corrected chi connectivity index (χ2v) is 9.32. The molecule has 0 unspecified atom stereocenters. The first-order chi connectivity index (χ1) is 17.7. The van der Waals surface area contributed by atoms with Gasteiger partial charge in [0.1, 0.15) is 0 Å². The summed E-state index contributed by atoms with van der Waals surface area (Å²) in [5.41, 5.74) is 6.30. The molecule has 184 valence electrons. The van der Waals surface area contributed by atoms with Crippen molar-refractivity contribution in [3.63, 3.8) is 0 Å². The number of carbonyl (C=O) groups is 1. The van der Waals surface area contributed by atoms with Gasteiger partial charge in [-0.2, -0.15) is 17.7 Å². The van der Waals surface area contributed by atoms with E-state index >= 15 is 0 Å². The maximum absolute atomic E-state index is 12.7. The summed E-state index contributed by atoms with van der Waals surface area (Å²) in [4.78, 5) is 17.3. The molecule has 1 aliphatic rings. The topological polar surface area (TPSA) is 53.4 Å². The van der Waals surface area contributed by atoms with Crippen molar-refractivity contribution in [2.24, 2.45) is 0 Å². The Morgan fingerprint density at radius 2 is 1.47 bits per heavy atom. The molecule has 1 fully saturated rings. The molecule has 0 spiro atoms. The Kier molecular flexibility index (Phi) is 7.69. The Labute approximate surface area is 218 Å². The third-order valence-electron chi connectivity index (χ3n) is 6.52. The molecule has 0 saturated carbocycles. The van der Waals surface area contributed by atoms with Crippen LogP contribution in [0.15, 0.2) is 91.0 Å². The van der Waals surface area contributed by atoms with E-state index in [1.54, 1.807) is 0 Å². The average molecular weight is 498 g/mol. The molecule has 4 aromatic rings. The van der Waals surface area contributed by atoms with Gasteiger partial charge in [0.05, 0.1) is 30.2 Å². The van der Waals surface area contributed by atoms with Crippen LogP contribution >= 0.6 is 12.6 Å². The summed E-state index contributed by atoms with van der Waals surface area (Å²) in [5, 5.41) is 7.90. The van der Waals surface area contributed by atoms with Crippen molar-refractivity contribution in [2.45, 2.75) is 12.3 Å². The molecule has 0 atom stereocenters. The fraction of sp³-hybridized carbons (Fsp3) is 0.241. The van der Waals surface area contributed by atoms with E-state index in [1.807, 2.05) is 41.1 Å². The minimum absolute atomic E-state index is 0.0251. The summed E-state index contributed by atoms with van der Waals surface area (Å²) in [5.74, 6) is 0.730. The Morgan fingerprint density at radius 1 is 0.833 bits per heavy atom. The first kappa shape index (κ1) is 24.2. The lowest BCUT2D eigenvalue weighted by molar-refractivity contribution is -0.122. The number of para-hydroxylation sites is 2. The Bertz CT molecular complexity index is 1270. The van der Waals surface area contributed by atoms with Gasteiger partial charge in [0, 0.05) is 43.2 Å². The van der Waals surface area contributed by atoms with Gasteiger partial charge in [0.15, 0.2) is 0 Å². The largest absolute Gasteiger partial charge is 0.369 e. The van der Waals surface area contributed by atoms with Crippen molar-refractivity contribution < 1.29 is 4.79 Å². The van der Waals surface area contributed by atoms with Crippen LogP contribution in [0.4, 0.5) is 5.69 Å². The van der Waals surface area contributed by atoms with Crippen LogP contribution in [0.5, 0.6) is 0 Å². The van der Waals surface area contributed by atoms with Gasteiger partial charge < -0.3 is 10.2 Å². The lowest BCUT2D eigenvalue weighted by Gasteiger charge is -2.35. The number of hydrogen-bond acceptors (Lipinski definition) is 5. The van der Waals surface area contributed by atoms with Crippen LogP contribution < -0.4 is 10.2 Å². The molecule has 0 radical (unpaired) electrons. The van der Waals surface area contributed by atoms with Gasteiger partial charge in [-0.1, -0.05) is 60.7 Å².